The van der Waals surface area contributed by atoms with Gasteiger partial charge in [0.1, 0.15) is 18.2 Å². The van der Waals surface area contributed by atoms with Gasteiger partial charge in [-0.25, -0.2) is 4.98 Å². The van der Waals surface area contributed by atoms with Crippen LogP contribution in [0.15, 0.2) is 54.7 Å². The first kappa shape index (κ1) is 17.8. The van der Waals surface area contributed by atoms with E-state index in [9.17, 15) is 0 Å². The first-order valence-electron chi connectivity index (χ1n) is 9.30. The van der Waals surface area contributed by atoms with Crippen molar-refractivity contribution in [2.75, 3.05) is 13.7 Å². The molecule has 1 N–H and O–H groups in total. The second-order valence-corrected chi connectivity index (χ2v) is 6.94. The molecule has 5 nitrogen and oxygen atoms in total. The third-order valence-corrected chi connectivity index (χ3v) is 4.91. The fourth-order valence-corrected chi connectivity index (χ4v) is 3.38. The van der Waals surface area contributed by atoms with Crippen LogP contribution in [0.25, 0.3) is 11.3 Å². The van der Waals surface area contributed by atoms with Crippen LogP contribution < -0.4 is 10.1 Å². The van der Waals surface area contributed by atoms with Crippen LogP contribution in [-0.2, 0) is 24.4 Å². The van der Waals surface area contributed by atoms with E-state index in [2.05, 4.69) is 47.3 Å². The lowest BCUT2D eigenvalue weighted by molar-refractivity contribution is 0.00278. The SMILES string of the molecule is COc1ccccc1-c1cn2c(n1)COC(CNCc1ccc(C)cc1)C2. The molecule has 1 atom stereocenters. The fraction of sp³-hybridized carbons (Fsp3) is 0.318. The first-order valence-corrected chi connectivity index (χ1v) is 9.30. The van der Waals surface area contributed by atoms with Gasteiger partial charge in [-0.05, 0) is 24.6 Å². The molecule has 0 amide bonds. The van der Waals surface area contributed by atoms with E-state index in [0.717, 1.165) is 42.5 Å². The van der Waals surface area contributed by atoms with E-state index in [1.807, 2.05) is 24.3 Å². The van der Waals surface area contributed by atoms with Gasteiger partial charge in [-0.3, -0.25) is 0 Å². The van der Waals surface area contributed by atoms with Gasteiger partial charge in [0.05, 0.1) is 25.5 Å². The van der Waals surface area contributed by atoms with Crippen molar-refractivity contribution >= 4 is 0 Å². The fourth-order valence-electron chi connectivity index (χ4n) is 3.38. The third-order valence-electron chi connectivity index (χ3n) is 4.91. The summed E-state index contributed by atoms with van der Waals surface area (Å²) in [5.74, 6) is 1.80. The molecule has 1 aromatic heterocycles. The molecule has 0 fully saturated rings. The van der Waals surface area contributed by atoms with Gasteiger partial charge in [0.15, 0.2) is 0 Å². The van der Waals surface area contributed by atoms with Crippen LogP contribution in [0.1, 0.15) is 17.0 Å². The van der Waals surface area contributed by atoms with Gasteiger partial charge in [0.25, 0.3) is 0 Å². The molecule has 1 aliphatic heterocycles. The monoisotopic (exact) mass is 363 g/mol. The second kappa shape index (κ2) is 7.94. The van der Waals surface area contributed by atoms with E-state index in [1.54, 1.807) is 7.11 Å². The van der Waals surface area contributed by atoms with Crippen molar-refractivity contribution in [2.24, 2.45) is 0 Å². The van der Waals surface area contributed by atoms with Crippen molar-refractivity contribution < 1.29 is 9.47 Å². The highest BCUT2D eigenvalue weighted by Crippen LogP contribution is 2.30. The summed E-state index contributed by atoms with van der Waals surface area (Å²) in [6, 6.07) is 16.6. The van der Waals surface area contributed by atoms with E-state index < -0.39 is 0 Å². The van der Waals surface area contributed by atoms with E-state index in [1.165, 1.54) is 11.1 Å². The number of rotatable bonds is 6. The van der Waals surface area contributed by atoms with Crippen LogP contribution in [-0.4, -0.2) is 29.3 Å². The highest BCUT2D eigenvalue weighted by atomic mass is 16.5. The van der Waals surface area contributed by atoms with Gasteiger partial charge in [-0.2, -0.15) is 0 Å². The summed E-state index contributed by atoms with van der Waals surface area (Å²) in [6.07, 6.45) is 2.24. The maximum atomic E-state index is 5.99. The number of aryl methyl sites for hydroxylation is 1. The average Bonchev–Trinajstić information content (AvgIpc) is 3.12. The summed E-state index contributed by atoms with van der Waals surface area (Å²) in [6.45, 7) is 5.11. The summed E-state index contributed by atoms with van der Waals surface area (Å²) in [5, 5.41) is 3.50. The number of nitrogens with zero attached hydrogens (tertiary/aromatic N) is 2. The molecule has 1 unspecified atom stereocenters. The summed E-state index contributed by atoms with van der Waals surface area (Å²) in [4.78, 5) is 4.74. The Kier molecular flexibility index (Phi) is 5.23. The Bertz CT molecular complexity index is 902. The van der Waals surface area contributed by atoms with Gasteiger partial charge in [0.2, 0.25) is 0 Å². The molecule has 0 spiro atoms. The molecule has 0 saturated carbocycles. The number of hydrogen-bond acceptors (Lipinski definition) is 4. The molecule has 0 aliphatic carbocycles. The minimum absolute atomic E-state index is 0.141. The molecule has 5 heteroatoms. The van der Waals surface area contributed by atoms with Crippen LogP contribution in [0.4, 0.5) is 0 Å². The Balaban J connectivity index is 1.38. The molecule has 0 radical (unpaired) electrons. The number of nitrogens with one attached hydrogen (secondary N) is 1. The highest BCUT2D eigenvalue weighted by molar-refractivity contribution is 5.66. The quantitative estimate of drug-likeness (QED) is 0.728. The Hall–Kier alpha value is -2.63. The normalized spacial score (nSPS) is 16.1. The zero-order valence-corrected chi connectivity index (χ0v) is 15.8. The van der Waals surface area contributed by atoms with Gasteiger partial charge in [-0.1, -0.05) is 42.0 Å². The lowest BCUT2D eigenvalue weighted by Gasteiger charge is -2.24. The molecular formula is C22H25N3O2. The molecule has 2 heterocycles. The van der Waals surface area contributed by atoms with Crippen LogP contribution in [0, 0.1) is 6.92 Å². The van der Waals surface area contributed by atoms with Crippen molar-refractivity contribution in [1.29, 1.82) is 0 Å². The number of hydrogen-bond donors (Lipinski definition) is 1. The lowest BCUT2D eigenvalue weighted by Crippen LogP contribution is -2.35. The summed E-state index contributed by atoms with van der Waals surface area (Å²) in [5.41, 5.74) is 4.52. The van der Waals surface area contributed by atoms with E-state index in [0.29, 0.717) is 6.61 Å². The molecule has 140 valence electrons. The predicted molar refractivity (Wildman–Crippen MR) is 106 cm³/mol. The predicted octanol–water partition coefficient (Wildman–Crippen LogP) is 3.56. The molecule has 0 saturated heterocycles. The zero-order valence-electron chi connectivity index (χ0n) is 15.8. The molecule has 1 aliphatic rings. The van der Waals surface area contributed by atoms with Crippen molar-refractivity contribution in [3.63, 3.8) is 0 Å². The molecule has 2 aromatic carbocycles. The van der Waals surface area contributed by atoms with Gasteiger partial charge < -0.3 is 19.4 Å². The standard InChI is InChI=1S/C22H25N3O2/c1-16-7-9-17(10-8-16)11-23-12-18-13-25-14-20(24-22(25)15-27-18)19-5-3-4-6-21(19)26-2/h3-10,14,18,23H,11-13,15H2,1-2H3. The largest absolute Gasteiger partial charge is 0.496 e. The summed E-state index contributed by atoms with van der Waals surface area (Å²) in [7, 11) is 1.69. The van der Waals surface area contributed by atoms with Crippen LogP contribution in [0.3, 0.4) is 0 Å². The van der Waals surface area contributed by atoms with Crippen molar-refractivity contribution in [2.45, 2.75) is 32.7 Å². The van der Waals surface area contributed by atoms with E-state index >= 15 is 0 Å². The summed E-state index contributed by atoms with van der Waals surface area (Å²) >= 11 is 0. The number of ether oxygens (including phenoxy) is 2. The minimum Gasteiger partial charge on any atom is -0.496 e. The lowest BCUT2D eigenvalue weighted by atomic mass is 10.1. The number of methoxy groups -OCH3 is 1. The third kappa shape index (κ3) is 4.04. The van der Waals surface area contributed by atoms with Gasteiger partial charge in [-0.15, -0.1) is 0 Å². The van der Waals surface area contributed by atoms with E-state index in [-0.39, 0.29) is 6.10 Å². The minimum atomic E-state index is 0.141. The number of imidazole rings is 1. The molecule has 4 rings (SSSR count). The number of benzene rings is 2. The van der Waals surface area contributed by atoms with Crippen molar-refractivity contribution in [3.05, 3.63) is 71.7 Å². The zero-order chi connectivity index (χ0) is 18.6. The highest BCUT2D eigenvalue weighted by Gasteiger charge is 2.21. The first-order chi connectivity index (χ1) is 13.2. The van der Waals surface area contributed by atoms with Crippen molar-refractivity contribution in [1.82, 2.24) is 14.9 Å². The van der Waals surface area contributed by atoms with Gasteiger partial charge in [0, 0.05) is 24.8 Å². The molecule has 3 aromatic rings. The van der Waals surface area contributed by atoms with Crippen LogP contribution >= 0.6 is 0 Å². The maximum Gasteiger partial charge on any atom is 0.135 e. The van der Waals surface area contributed by atoms with Crippen molar-refractivity contribution in [3.8, 4) is 17.0 Å². The molecule has 0 bridgehead atoms. The average molecular weight is 363 g/mol. The Morgan fingerprint density at radius 2 is 2.00 bits per heavy atom. The summed E-state index contributed by atoms with van der Waals surface area (Å²) < 4.78 is 13.7. The van der Waals surface area contributed by atoms with E-state index in [4.69, 9.17) is 14.5 Å². The van der Waals surface area contributed by atoms with Crippen LogP contribution in [0.5, 0.6) is 5.75 Å². The number of fused-ring (bicyclic) bond motifs is 1. The number of aromatic nitrogens is 2. The molecular weight excluding hydrogens is 338 g/mol. The van der Waals surface area contributed by atoms with Gasteiger partial charge >= 0.3 is 0 Å². The smallest absolute Gasteiger partial charge is 0.135 e. The molecule has 27 heavy (non-hydrogen) atoms. The topological polar surface area (TPSA) is 48.3 Å². The Morgan fingerprint density at radius 3 is 2.81 bits per heavy atom. The second-order valence-electron chi connectivity index (χ2n) is 6.94. The number of para-hydroxylation sites is 1. The maximum absolute atomic E-state index is 5.99. The Morgan fingerprint density at radius 1 is 1.19 bits per heavy atom. The Labute approximate surface area is 160 Å². The van der Waals surface area contributed by atoms with Crippen LogP contribution in [0.2, 0.25) is 0 Å².